The molecule has 0 aromatic heterocycles. The first-order valence-electron chi connectivity index (χ1n) is 6.53. The summed E-state index contributed by atoms with van der Waals surface area (Å²) in [6.07, 6.45) is -0.233. The van der Waals surface area contributed by atoms with E-state index in [1.54, 1.807) is 0 Å². The lowest BCUT2D eigenvalue weighted by atomic mass is 9.99. The van der Waals surface area contributed by atoms with Crippen LogP contribution in [0.25, 0.3) is 0 Å². The van der Waals surface area contributed by atoms with Gasteiger partial charge in [-0.2, -0.15) is 0 Å². The summed E-state index contributed by atoms with van der Waals surface area (Å²) in [5, 5.41) is 0. The van der Waals surface area contributed by atoms with Crippen molar-refractivity contribution in [3.05, 3.63) is 28.7 Å². The van der Waals surface area contributed by atoms with E-state index < -0.39 is 6.43 Å². The molecule has 1 saturated heterocycles. The first kappa shape index (κ1) is 17.7. The maximum absolute atomic E-state index is 12.4. The van der Waals surface area contributed by atoms with Crippen LogP contribution >= 0.6 is 28.3 Å². The molecule has 114 valence electrons. The van der Waals surface area contributed by atoms with Gasteiger partial charge in [-0.05, 0) is 47.4 Å². The van der Waals surface area contributed by atoms with Gasteiger partial charge in [-0.1, -0.05) is 12.1 Å². The number of nitrogens with zero attached hydrogens (tertiary/aromatic N) is 1. The number of benzene rings is 1. The van der Waals surface area contributed by atoms with Crippen molar-refractivity contribution >= 4 is 28.3 Å². The van der Waals surface area contributed by atoms with Crippen LogP contribution in [0.2, 0.25) is 0 Å². The summed E-state index contributed by atoms with van der Waals surface area (Å²) in [5.41, 5.74) is 0. The zero-order valence-electron chi connectivity index (χ0n) is 11.1. The second kappa shape index (κ2) is 8.80. The van der Waals surface area contributed by atoms with E-state index in [1.807, 2.05) is 29.2 Å². The molecule has 1 heterocycles. The highest BCUT2D eigenvalue weighted by atomic mass is 79.9. The number of piperidine rings is 1. The van der Waals surface area contributed by atoms with Crippen LogP contribution in [0.3, 0.4) is 0 Å². The molecule has 2 nitrogen and oxygen atoms in total. The van der Waals surface area contributed by atoms with Gasteiger partial charge < -0.3 is 4.74 Å². The molecule has 1 aromatic carbocycles. The summed E-state index contributed by atoms with van der Waals surface area (Å²) in [5.74, 6) is 1.15. The standard InChI is InChI=1S/C14H18BrF2NO.ClH/c15-12-5-1-2-6-13(12)19-10-11-4-3-7-18(8-11)9-14(16)17;/h1-2,5-6,11,14H,3-4,7-10H2;1H/t11-;/m0./s1. The van der Waals surface area contributed by atoms with Crippen molar-refractivity contribution in [1.29, 1.82) is 0 Å². The predicted octanol–water partition coefficient (Wildman–Crippen LogP) is 4.23. The lowest BCUT2D eigenvalue weighted by molar-refractivity contribution is 0.0551. The largest absolute Gasteiger partial charge is 0.492 e. The summed E-state index contributed by atoms with van der Waals surface area (Å²) in [4.78, 5) is 1.84. The van der Waals surface area contributed by atoms with Crippen molar-refractivity contribution in [3.8, 4) is 5.75 Å². The van der Waals surface area contributed by atoms with Crippen molar-refractivity contribution in [1.82, 2.24) is 4.90 Å². The summed E-state index contributed by atoms with van der Waals surface area (Å²) < 4.78 is 31.4. The SMILES string of the molecule is Cl.FC(F)CN1CCC[C@H](COc2ccccc2Br)C1. The summed E-state index contributed by atoms with van der Waals surface area (Å²) >= 11 is 3.43. The molecule has 0 unspecified atom stereocenters. The Labute approximate surface area is 133 Å². The summed E-state index contributed by atoms with van der Waals surface area (Å²) in [6, 6.07) is 7.69. The van der Waals surface area contributed by atoms with Crippen molar-refractivity contribution in [2.24, 2.45) is 5.92 Å². The molecule has 20 heavy (non-hydrogen) atoms. The molecule has 6 heteroatoms. The van der Waals surface area contributed by atoms with E-state index in [2.05, 4.69) is 15.9 Å². The fraction of sp³-hybridized carbons (Fsp3) is 0.571. The van der Waals surface area contributed by atoms with Gasteiger partial charge in [0.25, 0.3) is 6.43 Å². The first-order chi connectivity index (χ1) is 9.15. The number of hydrogen-bond acceptors (Lipinski definition) is 2. The molecule has 1 aliphatic rings. The number of alkyl halides is 2. The van der Waals surface area contributed by atoms with Crippen LogP contribution in [0.4, 0.5) is 8.78 Å². The quantitative estimate of drug-likeness (QED) is 0.769. The third-order valence-corrected chi connectivity index (χ3v) is 3.97. The fourth-order valence-corrected chi connectivity index (χ4v) is 2.82. The van der Waals surface area contributed by atoms with Crippen LogP contribution in [0.1, 0.15) is 12.8 Å². The number of hydrogen-bond donors (Lipinski definition) is 0. The van der Waals surface area contributed by atoms with E-state index in [-0.39, 0.29) is 19.0 Å². The van der Waals surface area contributed by atoms with Gasteiger partial charge in [-0.3, -0.25) is 4.90 Å². The van der Waals surface area contributed by atoms with Crippen LogP contribution in [-0.4, -0.2) is 37.6 Å². The molecule has 0 N–H and O–H groups in total. The van der Waals surface area contributed by atoms with Gasteiger partial charge in [0, 0.05) is 12.5 Å². The molecule has 1 atom stereocenters. The van der Waals surface area contributed by atoms with Gasteiger partial charge in [0.05, 0.1) is 17.6 Å². The van der Waals surface area contributed by atoms with E-state index in [4.69, 9.17) is 4.74 Å². The van der Waals surface area contributed by atoms with Gasteiger partial charge in [-0.15, -0.1) is 12.4 Å². The number of ether oxygens (including phenoxy) is 1. The van der Waals surface area contributed by atoms with Crippen LogP contribution in [0.5, 0.6) is 5.75 Å². The highest BCUT2D eigenvalue weighted by Gasteiger charge is 2.22. The van der Waals surface area contributed by atoms with E-state index >= 15 is 0 Å². The summed E-state index contributed by atoms with van der Waals surface area (Å²) in [6.45, 7) is 1.94. The maximum atomic E-state index is 12.4. The van der Waals surface area contributed by atoms with Crippen LogP contribution in [0.15, 0.2) is 28.7 Å². The second-order valence-corrected chi connectivity index (χ2v) is 5.75. The van der Waals surface area contributed by atoms with Crippen LogP contribution in [0, 0.1) is 5.92 Å². The molecule has 1 aliphatic heterocycles. The minimum atomic E-state index is -2.25. The predicted molar refractivity (Wildman–Crippen MR) is 82.1 cm³/mol. The maximum Gasteiger partial charge on any atom is 0.251 e. The molecule has 0 aliphatic carbocycles. The Morgan fingerprint density at radius 1 is 1.35 bits per heavy atom. The average molecular weight is 371 g/mol. The van der Waals surface area contributed by atoms with Gasteiger partial charge in [0.2, 0.25) is 0 Å². The Hall–Kier alpha value is -0.390. The van der Waals surface area contributed by atoms with Crippen molar-refractivity contribution in [3.63, 3.8) is 0 Å². The van der Waals surface area contributed by atoms with Gasteiger partial charge in [-0.25, -0.2) is 8.78 Å². The normalized spacial score (nSPS) is 19.7. The number of para-hydroxylation sites is 1. The lowest BCUT2D eigenvalue weighted by Gasteiger charge is -2.32. The zero-order chi connectivity index (χ0) is 13.7. The molecule has 0 bridgehead atoms. The monoisotopic (exact) mass is 369 g/mol. The van der Waals surface area contributed by atoms with E-state index in [9.17, 15) is 8.78 Å². The topological polar surface area (TPSA) is 12.5 Å². The van der Waals surface area contributed by atoms with Crippen molar-refractivity contribution < 1.29 is 13.5 Å². The number of likely N-dealkylation sites (tertiary alicyclic amines) is 1. The molecular formula is C14H19BrClF2NO. The molecule has 1 aromatic rings. The number of rotatable bonds is 5. The minimum Gasteiger partial charge on any atom is -0.492 e. The van der Waals surface area contributed by atoms with Gasteiger partial charge in [0.1, 0.15) is 5.75 Å². The Morgan fingerprint density at radius 2 is 2.10 bits per heavy atom. The first-order valence-corrected chi connectivity index (χ1v) is 7.32. The van der Waals surface area contributed by atoms with E-state index in [0.717, 1.165) is 29.6 Å². The Morgan fingerprint density at radius 3 is 2.80 bits per heavy atom. The van der Waals surface area contributed by atoms with E-state index in [1.165, 1.54) is 0 Å². The third kappa shape index (κ3) is 5.54. The molecule has 1 fully saturated rings. The molecule has 0 spiro atoms. The zero-order valence-corrected chi connectivity index (χ0v) is 13.5. The lowest BCUT2D eigenvalue weighted by Crippen LogP contribution is -2.40. The van der Waals surface area contributed by atoms with Crippen molar-refractivity contribution in [2.75, 3.05) is 26.2 Å². The van der Waals surface area contributed by atoms with Crippen LogP contribution in [-0.2, 0) is 0 Å². The fourth-order valence-electron chi connectivity index (χ4n) is 2.42. The molecule has 0 amide bonds. The third-order valence-electron chi connectivity index (χ3n) is 3.31. The van der Waals surface area contributed by atoms with E-state index in [0.29, 0.717) is 19.1 Å². The number of halogens is 4. The summed E-state index contributed by atoms with van der Waals surface area (Å²) in [7, 11) is 0. The Balaban J connectivity index is 0.00000200. The Bertz CT molecular complexity index is 409. The molecule has 2 rings (SSSR count). The second-order valence-electron chi connectivity index (χ2n) is 4.90. The Kier molecular flexibility index (Phi) is 7.77. The molecule has 0 saturated carbocycles. The highest BCUT2D eigenvalue weighted by Crippen LogP contribution is 2.25. The smallest absolute Gasteiger partial charge is 0.251 e. The van der Waals surface area contributed by atoms with Crippen LogP contribution < -0.4 is 4.74 Å². The average Bonchev–Trinajstić information content (AvgIpc) is 2.37. The molecular weight excluding hydrogens is 352 g/mol. The minimum absolute atomic E-state index is 0. The van der Waals surface area contributed by atoms with Gasteiger partial charge in [0.15, 0.2) is 0 Å². The van der Waals surface area contributed by atoms with Gasteiger partial charge >= 0.3 is 0 Å². The molecule has 0 radical (unpaired) electrons. The highest BCUT2D eigenvalue weighted by molar-refractivity contribution is 9.10. The van der Waals surface area contributed by atoms with Crippen molar-refractivity contribution in [2.45, 2.75) is 19.3 Å².